The fourth-order valence-corrected chi connectivity index (χ4v) is 5.25. The van der Waals surface area contributed by atoms with Crippen LogP contribution in [0.4, 0.5) is 0 Å². The van der Waals surface area contributed by atoms with E-state index in [4.69, 9.17) is 16.6 Å². The van der Waals surface area contributed by atoms with Crippen molar-refractivity contribution in [3.05, 3.63) is 70.0 Å². The van der Waals surface area contributed by atoms with Gasteiger partial charge in [-0.3, -0.25) is 9.69 Å². The Balaban J connectivity index is 1.21. The van der Waals surface area contributed by atoms with Crippen LogP contribution < -0.4 is 0 Å². The maximum absolute atomic E-state index is 12.5. The minimum atomic E-state index is 0.261. The molecule has 0 atom stereocenters. The van der Waals surface area contributed by atoms with Crippen molar-refractivity contribution < 1.29 is 4.79 Å². The zero-order chi connectivity index (χ0) is 20.8. The van der Waals surface area contributed by atoms with Crippen LogP contribution in [0.5, 0.6) is 0 Å². The minimum absolute atomic E-state index is 0.261. The maximum Gasteiger partial charge on any atom is 0.223 e. The van der Waals surface area contributed by atoms with E-state index in [9.17, 15) is 4.79 Å². The van der Waals surface area contributed by atoms with E-state index in [1.165, 1.54) is 4.90 Å². The van der Waals surface area contributed by atoms with Crippen molar-refractivity contribution in [2.24, 2.45) is 0 Å². The lowest BCUT2D eigenvalue weighted by atomic mass is 10.2. The summed E-state index contributed by atoms with van der Waals surface area (Å²) >= 11 is 9.40. The van der Waals surface area contributed by atoms with Crippen molar-refractivity contribution >= 4 is 40.6 Å². The van der Waals surface area contributed by atoms with Gasteiger partial charge in [-0.25, -0.2) is 4.98 Å². The van der Waals surface area contributed by atoms with Gasteiger partial charge in [0.05, 0.1) is 12.2 Å². The van der Waals surface area contributed by atoms with Gasteiger partial charge in [-0.05, 0) is 24.3 Å². The molecule has 4 rings (SSSR count). The Morgan fingerprint density at radius 3 is 2.50 bits per heavy atom. The molecule has 0 bridgehead atoms. The number of rotatable bonds is 7. The molecule has 2 aromatic carbocycles. The number of carbonyl (C=O) groups is 1. The van der Waals surface area contributed by atoms with Crippen LogP contribution in [0.3, 0.4) is 0 Å². The number of piperazine rings is 1. The summed E-state index contributed by atoms with van der Waals surface area (Å²) in [6.45, 7) is 4.22. The third-order valence-electron chi connectivity index (χ3n) is 5.10. The molecule has 0 N–H and O–H groups in total. The highest BCUT2D eigenvalue weighted by atomic mass is 35.5. The van der Waals surface area contributed by atoms with E-state index in [1.807, 2.05) is 47.4 Å². The Kier molecular flexibility index (Phi) is 7.44. The largest absolute Gasteiger partial charge is 0.340 e. The van der Waals surface area contributed by atoms with E-state index in [1.54, 1.807) is 23.1 Å². The average molecular weight is 458 g/mol. The molecule has 4 nitrogen and oxygen atoms in total. The minimum Gasteiger partial charge on any atom is -0.340 e. The summed E-state index contributed by atoms with van der Waals surface area (Å²) in [6, 6.07) is 18.0. The van der Waals surface area contributed by atoms with Gasteiger partial charge in [0.2, 0.25) is 5.91 Å². The number of thiazole rings is 1. The first-order valence-corrected chi connectivity index (χ1v) is 12.3. The number of benzene rings is 2. The summed E-state index contributed by atoms with van der Waals surface area (Å²) in [6.07, 6.45) is 0.594. The zero-order valence-electron chi connectivity index (χ0n) is 16.7. The smallest absolute Gasteiger partial charge is 0.223 e. The van der Waals surface area contributed by atoms with E-state index in [0.29, 0.717) is 6.42 Å². The molecule has 30 heavy (non-hydrogen) atoms. The topological polar surface area (TPSA) is 36.4 Å². The van der Waals surface area contributed by atoms with Gasteiger partial charge in [-0.2, -0.15) is 0 Å². The highest BCUT2D eigenvalue weighted by Gasteiger charge is 2.21. The van der Waals surface area contributed by atoms with E-state index < -0.39 is 0 Å². The molecule has 1 aliphatic heterocycles. The van der Waals surface area contributed by atoms with E-state index >= 15 is 0 Å². The molecule has 2 heterocycles. The molecular weight excluding hydrogens is 434 g/mol. The fourth-order valence-electron chi connectivity index (χ4n) is 3.41. The molecule has 0 saturated carbocycles. The van der Waals surface area contributed by atoms with Crippen LogP contribution in [0.25, 0.3) is 11.3 Å². The van der Waals surface area contributed by atoms with Crippen LogP contribution in [0.2, 0.25) is 5.02 Å². The summed E-state index contributed by atoms with van der Waals surface area (Å²) < 4.78 is 0. The van der Waals surface area contributed by atoms with Crippen molar-refractivity contribution in [3.63, 3.8) is 0 Å². The molecule has 0 unspecified atom stereocenters. The molecule has 1 amide bonds. The second-order valence-corrected chi connectivity index (χ2v) is 9.75. The van der Waals surface area contributed by atoms with E-state index in [0.717, 1.165) is 59.8 Å². The van der Waals surface area contributed by atoms with Gasteiger partial charge < -0.3 is 4.90 Å². The summed E-state index contributed by atoms with van der Waals surface area (Å²) in [4.78, 5) is 22.9. The molecule has 1 saturated heterocycles. The first-order chi connectivity index (χ1) is 14.7. The second-order valence-electron chi connectivity index (χ2n) is 7.20. The first kappa shape index (κ1) is 21.4. The standard InChI is InChI=1S/C23H24ClN3OS2/c24-19-8-6-18(7-9-19)21-17-30-22(25-21)16-26-11-13-27(14-12-26)23(28)10-15-29-20-4-2-1-3-5-20/h1-9,17H,10-16H2. The lowest BCUT2D eigenvalue weighted by molar-refractivity contribution is -0.132. The Labute approximate surface area is 190 Å². The van der Waals surface area contributed by atoms with Gasteiger partial charge in [-0.15, -0.1) is 23.1 Å². The number of halogens is 1. The Hall–Kier alpha value is -1.86. The number of carbonyl (C=O) groups excluding carboxylic acids is 1. The monoisotopic (exact) mass is 457 g/mol. The average Bonchev–Trinajstić information content (AvgIpc) is 3.24. The summed E-state index contributed by atoms with van der Waals surface area (Å²) in [7, 11) is 0. The highest BCUT2D eigenvalue weighted by Crippen LogP contribution is 2.24. The Bertz CT molecular complexity index is 954. The summed E-state index contributed by atoms with van der Waals surface area (Å²) in [5, 5.41) is 3.95. The first-order valence-electron chi connectivity index (χ1n) is 10.1. The highest BCUT2D eigenvalue weighted by molar-refractivity contribution is 7.99. The van der Waals surface area contributed by atoms with Crippen LogP contribution >= 0.6 is 34.7 Å². The van der Waals surface area contributed by atoms with Gasteiger partial charge in [0.25, 0.3) is 0 Å². The molecule has 156 valence electrons. The molecule has 7 heteroatoms. The van der Waals surface area contributed by atoms with Gasteiger partial charge in [-0.1, -0.05) is 41.9 Å². The lowest BCUT2D eigenvalue weighted by Gasteiger charge is -2.34. The number of amides is 1. The molecular formula is C23H24ClN3OS2. The zero-order valence-corrected chi connectivity index (χ0v) is 19.1. The van der Waals surface area contributed by atoms with Crippen molar-refractivity contribution in [2.75, 3.05) is 31.9 Å². The molecule has 3 aromatic rings. The van der Waals surface area contributed by atoms with E-state index in [2.05, 4.69) is 22.4 Å². The molecule has 0 aliphatic carbocycles. The lowest BCUT2D eigenvalue weighted by Crippen LogP contribution is -2.48. The third-order valence-corrected chi connectivity index (χ3v) is 7.20. The number of aromatic nitrogens is 1. The Morgan fingerprint density at radius 1 is 1.03 bits per heavy atom. The maximum atomic E-state index is 12.5. The molecule has 0 radical (unpaired) electrons. The van der Waals surface area contributed by atoms with Crippen LogP contribution in [-0.2, 0) is 11.3 Å². The van der Waals surface area contributed by atoms with Crippen molar-refractivity contribution in [3.8, 4) is 11.3 Å². The van der Waals surface area contributed by atoms with Crippen molar-refractivity contribution in [1.82, 2.24) is 14.8 Å². The number of thioether (sulfide) groups is 1. The normalized spacial score (nSPS) is 14.8. The SMILES string of the molecule is O=C(CCSc1ccccc1)N1CCN(Cc2nc(-c3ccc(Cl)cc3)cs2)CC1. The number of hydrogen-bond donors (Lipinski definition) is 0. The van der Waals surface area contributed by atoms with Crippen LogP contribution in [0.1, 0.15) is 11.4 Å². The fraction of sp³-hybridized carbons (Fsp3) is 0.304. The van der Waals surface area contributed by atoms with Gasteiger partial charge in [0.1, 0.15) is 5.01 Å². The summed E-state index contributed by atoms with van der Waals surface area (Å²) in [5.41, 5.74) is 2.09. The third kappa shape index (κ3) is 5.85. The molecule has 0 spiro atoms. The quantitative estimate of drug-likeness (QED) is 0.451. The van der Waals surface area contributed by atoms with Gasteiger partial charge in [0.15, 0.2) is 0 Å². The number of hydrogen-bond acceptors (Lipinski definition) is 5. The molecule has 1 fully saturated rings. The van der Waals surface area contributed by atoms with Crippen LogP contribution in [-0.4, -0.2) is 52.6 Å². The van der Waals surface area contributed by atoms with Gasteiger partial charge in [0, 0.05) is 59.2 Å². The van der Waals surface area contributed by atoms with Crippen molar-refractivity contribution in [1.29, 1.82) is 0 Å². The van der Waals surface area contributed by atoms with Crippen molar-refractivity contribution in [2.45, 2.75) is 17.9 Å². The van der Waals surface area contributed by atoms with E-state index in [-0.39, 0.29) is 5.91 Å². The predicted octanol–water partition coefficient (Wildman–Crippen LogP) is 5.29. The molecule has 1 aromatic heterocycles. The Morgan fingerprint density at radius 2 is 1.77 bits per heavy atom. The molecule has 1 aliphatic rings. The predicted molar refractivity (Wildman–Crippen MR) is 126 cm³/mol. The van der Waals surface area contributed by atoms with Gasteiger partial charge >= 0.3 is 0 Å². The van der Waals surface area contributed by atoms with Crippen LogP contribution in [0.15, 0.2) is 64.9 Å². The number of nitrogens with zero attached hydrogens (tertiary/aromatic N) is 3. The second kappa shape index (κ2) is 10.4. The van der Waals surface area contributed by atoms with Crippen LogP contribution in [0, 0.1) is 0 Å². The summed E-state index contributed by atoms with van der Waals surface area (Å²) in [5.74, 6) is 1.09.